The SMILES string of the molecule is Cl.O=C(N[C@H]1CCCNC1)C1CCCCC1C(F)(F)F. The van der Waals surface area contributed by atoms with E-state index in [1.54, 1.807) is 0 Å². The number of nitrogens with one attached hydrogen (secondary N) is 2. The first-order valence-electron chi connectivity index (χ1n) is 7.06. The Kier molecular flexibility index (Phi) is 6.58. The van der Waals surface area contributed by atoms with Crippen LogP contribution < -0.4 is 10.6 Å². The summed E-state index contributed by atoms with van der Waals surface area (Å²) in [5.41, 5.74) is 0. The number of piperidine rings is 1. The fourth-order valence-corrected chi connectivity index (χ4v) is 3.12. The third-order valence-corrected chi connectivity index (χ3v) is 4.17. The van der Waals surface area contributed by atoms with E-state index >= 15 is 0 Å². The predicted molar refractivity (Wildman–Crippen MR) is 72.8 cm³/mol. The molecule has 20 heavy (non-hydrogen) atoms. The van der Waals surface area contributed by atoms with E-state index in [9.17, 15) is 18.0 Å². The number of rotatable bonds is 2. The molecule has 1 heterocycles. The van der Waals surface area contributed by atoms with Gasteiger partial charge in [-0.15, -0.1) is 12.4 Å². The summed E-state index contributed by atoms with van der Waals surface area (Å²) in [5.74, 6) is -2.76. The molecule has 0 spiro atoms. The molecule has 1 amide bonds. The second kappa shape index (κ2) is 7.50. The third kappa shape index (κ3) is 4.52. The van der Waals surface area contributed by atoms with E-state index in [2.05, 4.69) is 10.6 Å². The van der Waals surface area contributed by atoms with Crippen molar-refractivity contribution in [2.75, 3.05) is 13.1 Å². The van der Waals surface area contributed by atoms with Crippen LogP contribution >= 0.6 is 12.4 Å². The van der Waals surface area contributed by atoms with Crippen LogP contribution in [0.1, 0.15) is 38.5 Å². The molecule has 1 aliphatic heterocycles. The van der Waals surface area contributed by atoms with Crippen molar-refractivity contribution in [2.24, 2.45) is 11.8 Å². The number of carbonyl (C=O) groups excluding carboxylic acids is 1. The molecule has 2 N–H and O–H groups in total. The fraction of sp³-hybridized carbons (Fsp3) is 0.923. The van der Waals surface area contributed by atoms with Crippen LogP contribution in [-0.2, 0) is 4.79 Å². The summed E-state index contributed by atoms with van der Waals surface area (Å²) in [6, 6.07) is -0.0166. The van der Waals surface area contributed by atoms with Gasteiger partial charge in [0.25, 0.3) is 0 Å². The highest BCUT2D eigenvalue weighted by molar-refractivity contribution is 5.85. The van der Waals surface area contributed by atoms with Gasteiger partial charge < -0.3 is 10.6 Å². The molecule has 0 aromatic heterocycles. The summed E-state index contributed by atoms with van der Waals surface area (Å²) < 4.78 is 38.8. The highest BCUT2D eigenvalue weighted by Crippen LogP contribution is 2.41. The van der Waals surface area contributed by atoms with Gasteiger partial charge >= 0.3 is 6.18 Å². The topological polar surface area (TPSA) is 41.1 Å². The van der Waals surface area contributed by atoms with Crippen LogP contribution in [0, 0.1) is 11.8 Å². The van der Waals surface area contributed by atoms with Gasteiger partial charge in [-0.1, -0.05) is 12.8 Å². The largest absolute Gasteiger partial charge is 0.392 e. The highest BCUT2D eigenvalue weighted by atomic mass is 35.5. The molecule has 118 valence electrons. The van der Waals surface area contributed by atoms with Gasteiger partial charge in [0, 0.05) is 18.5 Å². The molecule has 1 saturated heterocycles. The zero-order valence-electron chi connectivity index (χ0n) is 11.3. The zero-order chi connectivity index (χ0) is 13.9. The van der Waals surface area contributed by atoms with E-state index in [-0.39, 0.29) is 24.9 Å². The maximum atomic E-state index is 12.9. The standard InChI is InChI=1S/C13H21F3N2O.ClH/c14-13(15,16)11-6-2-1-5-10(11)12(19)18-9-4-3-7-17-8-9;/h9-11,17H,1-8H2,(H,18,19);1H/t9-,10?,11?;/m0./s1. The molecule has 0 bridgehead atoms. The van der Waals surface area contributed by atoms with E-state index in [0.717, 1.165) is 19.4 Å². The lowest BCUT2D eigenvalue weighted by Crippen LogP contribution is -2.50. The van der Waals surface area contributed by atoms with Crippen molar-refractivity contribution in [3.63, 3.8) is 0 Å². The second-order valence-electron chi connectivity index (χ2n) is 5.59. The average molecular weight is 315 g/mol. The van der Waals surface area contributed by atoms with Crippen molar-refractivity contribution >= 4 is 18.3 Å². The minimum absolute atomic E-state index is 0. The van der Waals surface area contributed by atoms with Crippen LogP contribution in [0.3, 0.4) is 0 Å². The Hall–Kier alpha value is -0.490. The van der Waals surface area contributed by atoms with E-state index in [1.165, 1.54) is 0 Å². The molecule has 0 aromatic carbocycles. The first-order chi connectivity index (χ1) is 8.98. The van der Waals surface area contributed by atoms with Crippen LogP contribution in [0.15, 0.2) is 0 Å². The first-order valence-corrected chi connectivity index (χ1v) is 7.06. The normalized spacial score (nSPS) is 31.2. The minimum atomic E-state index is -4.26. The number of amides is 1. The molecule has 3 nitrogen and oxygen atoms in total. The molecule has 0 radical (unpaired) electrons. The fourth-order valence-electron chi connectivity index (χ4n) is 3.12. The molecule has 1 saturated carbocycles. The summed E-state index contributed by atoms with van der Waals surface area (Å²) in [7, 11) is 0. The summed E-state index contributed by atoms with van der Waals surface area (Å²) in [6.07, 6.45) is -0.721. The number of alkyl halides is 3. The van der Waals surface area contributed by atoms with Gasteiger partial charge in [0.2, 0.25) is 5.91 Å². The Bertz CT molecular complexity index is 319. The highest BCUT2D eigenvalue weighted by Gasteiger charge is 2.48. The lowest BCUT2D eigenvalue weighted by atomic mass is 9.78. The van der Waals surface area contributed by atoms with E-state index < -0.39 is 23.9 Å². The quantitative estimate of drug-likeness (QED) is 0.822. The smallest absolute Gasteiger partial charge is 0.352 e. The maximum absolute atomic E-state index is 12.9. The van der Waals surface area contributed by atoms with Gasteiger partial charge in [-0.25, -0.2) is 0 Å². The van der Waals surface area contributed by atoms with E-state index in [4.69, 9.17) is 0 Å². The van der Waals surface area contributed by atoms with Gasteiger partial charge in [0.1, 0.15) is 0 Å². The zero-order valence-corrected chi connectivity index (χ0v) is 12.2. The molecule has 1 aliphatic carbocycles. The molecule has 2 aliphatic rings. The van der Waals surface area contributed by atoms with Gasteiger partial charge in [0.05, 0.1) is 5.92 Å². The van der Waals surface area contributed by atoms with Crippen molar-refractivity contribution in [2.45, 2.75) is 50.7 Å². The Morgan fingerprint density at radius 2 is 1.80 bits per heavy atom. The number of hydrogen-bond donors (Lipinski definition) is 2. The molecular weight excluding hydrogens is 293 g/mol. The summed E-state index contributed by atoms with van der Waals surface area (Å²) in [6.45, 7) is 1.58. The molecule has 2 rings (SSSR count). The third-order valence-electron chi connectivity index (χ3n) is 4.17. The van der Waals surface area contributed by atoms with Crippen molar-refractivity contribution < 1.29 is 18.0 Å². The Balaban J connectivity index is 0.00000200. The van der Waals surface area contributed by atoms with Crippen LogP contribution in [-0.4, -0.2) is 31.2 Å². The van der Waals surface area contributed by atoms with Gasteiger partial charge in [0.15, 0.2) is 0 Å². The van der Waals surface area contributed by atoms with Gasteiger partial charge in [-0.05, 0) is 32.2 Å². The average Bonchev–Trinajstić information content (AvgIpc) is 2.39. The van der Waals surface area contributed by atoms with E-state index in [1.807, 2.05) is 0 Å². The van der Waals surface area contributed by atoms with Crippen LogP contribution in [0.2, 0.25) is 0 Å². The maximum Gasteiger partial charge on any atom is 0.392 e. The first kappa shape index (κ1) is 17.6. The number of carbonyl (C=O) groups is 1. The molecule has 3 atom stereocenters. The Morgan fingerprint density at radius 1 is 1.10 bits per heavy atom. The van der Waals surface area contributed by atoms with Gasteiger partial charge in [-0.3, -0.25) is 4.79 Å². The Labute approximate surface area is 123 Å². The summed E-state index contributed by atoms with van der Waals surface area (Å²) in [5, 5.41) is 5.94. The second-order valence-corrected chi connectivity index (χ2v) is 5.59. The van der Waals surface area contributed by atoms with Crippen molar-refractivity contribution in [1.29, 1.82) is 0 Å². The predicted octanol–water partition coefficient (Wildman–Crippen LogP) is 2.65. The van der Waals surface area contributed by atoms with Crippen molar-refractivity contribution in [1.82, 2.24) is 10.6 Å². The molecule has 0 aromatic rings. The van der Waals surface area contributed by atoms with Crippen LogP contribution in [0.5, 0.6) is 0 Å². The molecule has 7 heteroatoms. The monoisotopic (exact) mass is 314 g/mol. The van der Waals surface area contributed by atoms with Crippen LogP contribution in [0.25, 0.3) is 0 Å². The molecular formula is C13H22ClF3N2O. The van der Waals surface area contributed by atoms with Crippen molar-refractivity contribution in [3.8, 4) is 0 Å². The van der Waals surface area contributed by atoms with E-state index in [0.29, 0.717) is 25.8 Å². The number of hydrogen-bond acceptors (Lipinski definition) is 2. The number of halogens is 4. The summed E-state index contributed by atoms with van der Waals surface area (Å²) >= 11 is 0. The minimum Gasteiger partial charge on any atom is -0.352 e. The van der Waals surface area contributed by atoms with Crippen molar-refractivity contribution in [3.05, 3.63) is 0 Å². The molecule has 2 fully saturated rings. The van der Waals surface area contributed by atoms with Gasteiger partial charge in [-0.2, -0.15) is 13.2 Å². The molecule has 2 unspecified atom stereocenters. The lowest BCUT2D eigenvalue weighted by Gasteiger charge is -2.33. The van der Waals surface area contributed by atoms with Crippen LogP contribution in [0.4, 0.5) is 13.2 Å². The summed E-state index contributed by atoms with van der Waals surface area (Å²) in [4.78, 5) is 12.1. The lowest BCUT2D eigenvalue weighted by molar-refractivity contribution is -0.198. The Morgan fingerprint density at radius 3 is 2.40 bits per heavy atom.